The van der Waals surface area contributed by atoms with Gasteiger partial charge in [-0.1, -0.05) is 35.3 Å². The molecule has 108 valence electrons. The van der Waals surface area contributed by atoms with Gasteiger partial charge in [-0.3, -0.25) is 0 Å². The number of nitrogens with zero attached hydrogens (tertiary/aromatic N) is 1. The summed E-state index contributed by atoms with van der Waals surface area (Å²) < 4.78 is 26.8. The maximum atomic E-state index is 12.2. The van der Waals surface area contributed by atoms with Gasteiger partial charge in [0.2, 0.25) is 10.0 Å². The Balaban J connectivity index is 2.21. The Morgan fingerprint density at radius 2 is 1.90 bits per heavy atom. The minimum atomic E-state index is -3.76. The number of hydrogen-bond acceptors (Lipinski definition) is 3. The van der Waals surface area contributed by atoms with Crippen molar-refractivity contribution in [1.82, 2.24) is 4.72 Å². The van der Waals surface area contributed by atoms with Gasteiger partial charge >= 0.3 is 0 Å². The molecule has 0 aliphatic carbocycles. The molecule has 0 fully saturated rings. The normalized spacial score (nSPS) is 11.1. The van der Waals surface area contributed by atoms with Gasteiger partial charge in [0.25, 0.3) is 0 Å². The fourth-order valence-electron chi connectivity index (χ4n) is 1.69. The summed E-state index contributed by atoms with van der Waals surface area (Å²) in [5.41, 5.74) is 1.03. The molecule has 0 saturated carbocycles. The number of hydrogen-bond donors (Lipinski definition) is 1. The van der Waals surface area contributed by atoms with Crippen molar-refractivity contribution in [2.24, 2.45) is 0 Å². The second kappa shape index (κ2) is 6.46. The molecule has 0 unspecified atom stereocenters. The van der Waals surface area contributed by atoms with E-state index in [-0.39, 0.29) is 16.5 Å². The Bertz CT molecular complexity index is 814. The highest BCUT2D eigenvalue weighted by atomic mass is 35.5. The number of rotatable bonds is 4. The lowest BCUT2D eigenvalue weighted by atomic mass is 10.2. The van der Waals surface area contributed by atoms with Gasteiger partial charge in [-0.25, -0.2) is 13.1 Å². The first-order valence-electron chi connectivity index (χ1n) is 5.86. The molecular formula is C14H10Cl2N2O2S. The number of benzene rings is 2. The van der Waals surface area contributed by atoms with E-state index < -0.39 is 10.0 Å². The molecule has 0 aromatic heterocycles. The predicted molar refractivity (Wildman–Crippen MR) is 81.6 cm³/mol. The first-order chi connectivity index (χ1) is 9.92. The average molecular weight is 341 g/mol. The fourth-order valence-corrected chi connectivity index (χ4v) is 3.46. The van der Waals surface area contributed by atoms with E-state index in [2.05, 4.69) is 4.72 Å². The summed E-state index contributed by atoms with van der Waals surface area (Å²) in [6.45, 7) is 0.0965. The van der Waals surface area contributed by atoms with Crippen molar-refractivity contribution in [2.75, 3.05) is 0 Å². The lowest BCUT2D eigenvalue weighted by Gasteiger charge is -2.09. The van der Waals surface area contributed by atoms with Crippen molar-refractivity contribution in [3.05, 3.63) is 63.6 Å². The van der Waals surface area contributed by atoms with Gasteiger partial charge < -0.3 is 0 Å². The quantitative estimate of drug-likeness (QED) is 0.927. The SMILES string of the molecule is N#Cc1ccc(S(=O)(=O)NCc2cccc(Cl)c2)c(Cl)c1. The summed E-state index contributed by atoms with van der Waals surface area (Å²) in [5, 5.41) is 9.29. The van der Waals surface area contributed by atoms with Crippen LogP contribution in [0.2, 0.25) is 10.0 Å². The number of sulfonamides is 1. The Kier molecular flexibility index (Phi) is 4.86. The monoisotopic (exact) mass is 340 g/mol. The molecule has 21 heavy (non-hydrogen) atoms. The van der Waals surface area contributed by atoms with Crippen LogP contribution in [0.4, 0.5) is 0 Å². The smallest absolute Gasteiger partial charge is 0.207 e. The van der Waals surface area contributed by atoms with Gasteiger partial charge in [-0.15, -0.1) is 0 Å². The van der Waals surface area contributed by atoms with Gasteiger partial charge in [-0.2, -0.15) is 5.26 Å². The molecule has 0 spiro atoms. The third-order valence-electron chi connectivity index (χ3n) is 2.71. The van der Waals surface area contributed by atoms with Crippen LogP contribution in [0.25, 0.3) is 0 Å². The second-order valence-corrected chi connectivity index (χ2v) is 6.79. The molecule has 0 aliphatic rings. The van der Waals surface area contributed by atoms with Crippen LogP contribution < -0.4 is 4.72 Å². The lowest BCUT2D eigenvalue weighted by Crippen LogP contribution is -2.23. The summed E-state index contributed by atoms with van der Waals surface area (Å²) in [6.07, 6.45) is 0. The minimum absolute atomic E-state index is 0.00708. The molecule has 0 aliphatic heterocycles. The molecule has 2 aromatic rings. The average Bonchev–Trinajstić information content (AvgIpc) is 2.45. The van der Waals surface area contributed by atoms with Crippen molar-refractivity contribution in [2.45, 2.75) is 11.4 Å². The first kappa shape index (κ1) is 15.8. The molecule has 0 saturated heterocycles. The number of halogens is 2. The van der Waals surface area contributed by atoms with Crippen LogP contribution in [0, 0.1) is 11.3 Å². The van der Waals surface area contributed by atoms with E-state index in [1.807, 2.05) is 6.07 Å². The van der Waals surface area contributed by atoms with Crippen LogP contribution in [-0.4, -0.2) is 8.42 Å². The van der Waals surface area contributed by atoms with Crippen LogP contribution in [-0.2, 0) is 16.6 Å². The summed E-state index contributed by atoms with van der Waals surface area (Å²) >= 11 is 11.7. The van der Waals surface area contributed by atoms with Crippen molar-refractivity contribution < 1.29 is 8.42 Å². The van der Waals surface area contributed by atoms with Crippen molar-refractivity contribution in [1.29, 1.82) is 5.26 Å². The summed E-state index contributed by atoms with van der Waals surface area (Å²) in [6, 6.07) is 12.8. The summed E-state index contributed by atoms with van der Waals surface area (Å²) in [5.74, 6) is 0. The van der Waals surface area contributed by atoms with E-state index in [0.29, 0.717) is 10.6 Å². The van der Waals surface area contributed by atoms with Crippen LogP contribution in [0.15, 0.2) is 47.4 Å². The molecule has 0 heterocycles. The lowest BCUT2D eigenvalue weighted by molar-refractivity contribution is 0.581. The number of nitrogens with one attached hydrogen (secondary N) is 1. The van der Waals surface area contributed by atoms with Crippen LogP contribution >= 0.6 is 23.2 Å². The maximum Gasteiger partial charge on any atom is 0.242 e. The predicted octanol–water partition coefficient (Wildman–Crippen LogP) is 3.34. The Hall–Kier alpha value is -1.58. The highest BCUT2D eigenvalue weighted by molar-refractivity contribution is 7.89. The zero-order valence-electron chi connectivity index (χ0n) is 10.7. The minimum Gasteiger partial charge on any atom is -0.207 e. The Morgan fingerprint density at radius 1 is 1.14 bits per heavy atom. The Morgan fingerprint density at radius 3 is 2.52 bits per heavy atom. The highest BCUT2D eigenvalue weighted by Crippen LogP contribution is 2.22. The second-order valence-electron chi connectivity index (χ2n) is 4.21. The van der Waals surface area contributed by atoms with E-state index >= 15 is 0 Å². The number of nitriles is 1. The van der Waals surface area contributed by atoms with Gasteiger partial charge in [0.1, 0.15) is 4.90 Å². The van der Waals surface area contributed by atoms with Gasteiger partial charge in [-0.05, 0) is 35.9 Å². The molecule has 4 nitrogen and oxygen atoms in total. The largest absolute Gasteiger partial charge is 0.242 e. The Labute approximate surface area is 133 Å². The molecule has 1 N–H and O–H groups in total. The topological polar surface area (TPSA) is 70.0 Å². The van der Waals surface area contributed by atoms with Gasteiger partial charge in [0.15, 0.2) is 0 Å². The van der Waals surface area contributed by atoms with Gasteiger partial charge in [0.05, 0.1) is 16.7 Å². The molecule has 7 heteroatoms. The standard InChI is InChI=1S/C14H10Cl2N2O2S/c15-12-3-1-2-11(6-12)9-18-21(19,20)14-5-4-10(8-17)7-13(14)16/h1-7,18H,9H2. The van der Waals surface area contributed by atoms with Crippen molar-refractivity contribution in [3.8, 4) is 6.07 Å². The van der Waals surface area contributed by atoms with E-state index in [0.717, 1.165) is 5.56 Å². The van der Waals surface area contributed by atoms with Gasteiger partial charge in [0, 0.05) is 11.6 Å². The van der Waals surface area contributed by atoms with E-state index in [9.17, 15) is 8.42 Å². The van der Waals surface area contributed by atoms with E-state index in [1.165, 1.54) is 18.2 Å². The highest BCUT2D eigenvalue weighted by Gasteiger charge is 2.17. The fraction of sp³-hybridized carbons (Fsp3) is 0.0714. The van der Waals surface area contributed by atoms with Crippen molar-refractivity contribution in [3.63, 3.8) is 0 Å². The van der Waals surface area contributed by atoms with E-state index in [4.69, 9.17) is 28.5 Å². The summed E-state index contributed by atoms with van der Waals surface area (Å²) in [4.78, 5) is -0.0646. The molecule has 0 amide bonds. The van der Waals surface area contributed by atoms with Crippen molar-refractivity contribution >= 4 is 33.2 Å². The molecule has 2 rings (SSSR count). The van der Waals surface area contributed by atoms with E-state index in [1.54, 1.807) is 24.3 Å². The molecule has 2 aromatic carbocycles. The maximum absolute atomic E-state index is 12.2. The molecule has 0 radical (unpaired) electrons. The summed E-state index contributed by atoms with van der Waals surface area (Å²) in [7, 11) is -3.76. The van der Waals surface area contributed by atoms with Crippen LogP contribution in [0.1, 0.15) is 11.1 Å². The van der Waals surface area contributed by atoms with Crippen LogP contribution in [0.5, 0.6) is 0 Å². The zero-order chi connectivity index (χ0) is 15.5. The molecular weight excluding hydrogens is 331 g/mol. The third kappa shape index (κ3) is 3.96. The van der Waals surface area contributed by atoms with Crippen LogP contribution in [0.3, 0.4) is 0 Å². The third-order valence-corrected chi connectivity index (χ3v) is 4.83. The zero-order valence-corrected chi connectivity index (χ0v) is 13.0. The first-order valence-corrected chi connectivity index (χ1v) is 8.10. The molecule has 0 bridgehead atoms. The molecule has 0 atom stereocenters.